The zero-order valence-corrected chi connectivity index (χ0v) is 23.3. The smallest absolute Gasteiger partial charge is 0.153 e. The van der Waals surface area contributed by atoms with Gasteiger partial charge in [-0.15, -0.1) is 15.5 Å². The number of hydrogen-bond acceptors (Lipinski definition) is 4. The monoisotopic (exact) mass is 507 g/mol. The van der Waals surface area contributed by atoms with Crippen LogP contribution in [0.5, 0.6) is 11.5 Å². The van der Waals surface area contributed by atoms with E-state index in [9.17, 15) is 4.79 Å². The van der Waals surface area contributed by atoms with E-state index in [-0.39, 0.29) is 33.6 Å². The molecule has 38 radical (unpaired) electrons. The highest BCUT2D eigenvalue weighted by molar-refractivity contribution is 6.73. The van der Waals surface area contributed by atoms with Gasteiger partial charge in [0.15, 0.2) is 11.5 Å². The van der Waals surface area contributed by atoms with E-state index in [4.69, 9.17) is 159 Å². The maximum Gasteiger partial charge on any atom is 0.153 e. The molecule has 0 saturated carbocycles. The number of hydrogen-bond donors (Lipinski definition) is 0. The number of methoxy groups -OCH3 is 2. The van der Waals surface area contributed by atoms with Gasteiger partial charge in [0.1, 0.15) is 29.3 Å². The largest absolute Gasteiger partial charge is 0.494 e. The van der Waals surface area contributed by atoms with E-state index in [1.165, 1.54) is 14.2 Å². The number of Topliss-reactive ketones (excluding diaryl/α,β-unsaturated/α-hetero) is 1. The fraction of sp³-hybridized carbons (Fsp3) is 0.632. The molecule has 0 bridgehead atoms. The molecule has 1 saturated heterocycles. The number of carbonyl (C=O) groups excluding carboxylic acids is 1. The quantitative estimate of drug-likeness (QED) is 0.362. The van der Waals surface area contributed by atoms with Crippen molar-refractivity contribution in [2.45, 2.75) is 47.3 Å². The van der Waals surface area contributed by atoms with E-state index >= 15 is 0 Å². The molecule has 0 spiro atoms. The number of ketones is 1. The second-order valence-electron chi connectivity index (χ2n) is 11.4. The summed E-state index contributed by atoms with van der Waals surface area (Å²) in [6, 6.07) is 0. The molecule has 0 amide bonds. The number of nitrogens with zero attached hydrogens (tertiary/aromatic N) is 1. The van der Waals surface area contributed by atoms with E-state index in [0.29, 0.717) is 0 Å². The van der Waals surface area contributed by atoms with Crippen molar-refractivity contribution in [3.8, 4) is 11.5 Å². The first-order valence-electron chi connectivity index (χ1n) is 12.0. The molecule has 2 aliphatic heterocycles. The van der Waals surface area contributed by atoms with Crippen molar-refractivity contribution >= 4 is 166 Å². The molecule has 42 heavy (non-hydrogen) atoms. The summed E-state index contributed by atoms with van der Waals surface area (Å²) in [6.45, 7) is -0.993. The summed E-state index contributed by atoms with van der Waals surface area (Å²) in [5.41, 5.74) is -3.73. The van der Waals surface area contributed by atoms with Crippen molar-refractivity contribution < 1.29 is 14.3 Å². The first-order chi connectivity index (χ1) is 18.5. The van der Waals surface area contributed by atoms with Crippen LogP contribution in [0.15, 0.2) is 0 Å². The summed E-state index contributed by atoms with van der Waals surface area (Å²) in [5, 5.41) is -22.1. The zero-order chi connectivity index (χ0) is 33.2. The second-order valence-corrected chi connectivity index (χ2v) is 11.4. The first-order valence-corrected chi connectivity index (χ1v) is 12.0. The van der Waals surface area contributed by atoms with Gasteiger partial charge in [-0.25, -0.2) is 0 Å². The predicted octanol–water partition coefficient (Wildman–Crippen LogP) is -7.29. The molecule has 4 nitrogen and oxygen atoms in total. The Labute approximate surface area is 274 Å². The summed E-state index contributed by atoms with van der Waals surface area (Å²) >= 11 is 0. The van der Waals surface area contributed by atoms with Gasteiger partial charge in [-0.2, -0.15) is 0 Å². The van der Waals surface area contributed by atoms with Crippen LogP contribution >= 0.6 is 0 Å². The number of rotatable bonds is 6. The SMILES string of the molecule is [B]c1c(OC)c(OC)c([B])c2c1C([B])([B])C([B])([B])N1CC([B])(C([B])([B])C([B])(C([B])([B])[B])C([B])([B])[B])C(=O)C([B])([B])C21[B]. The van der Waals surface area contributed by atoms with Gasteiger partial charge in [0.25, 0.3) is 0 Å². The molecule has 2 unspecified atom stereocenters. The van der Waals surface area contributed by atoms with Crippen LogP contribution in [-0.2, 0) is 15.4 Å². The van der Waals surface area contributed by atoms with Crippen LogP contribution in [0.1, 0.15) is 11.1 Å². The number of benzene rings is 1. The maximum absolute atomic E-state index is 14.4. The summed E-state index contributed by atoms with van der Waals surface area (Å²) in [4.78, 5) is 15.3. The van der Waals surface area contributed by atoms with Crippen LogP contribution < -0.4 is 20.4 Å². The Morgan fingerprint density at radius 2 is 1.05 bits per heavy atom. The van der Waals surface area contributed by atoms with Gasteiger partial charge >= 0.3 is 0 Å². The zero-order valence-electron chi connectivity index (χ0n) is 23.3. The molecule has 0 aromatic heterocycles. The van der Waals surface area contributed by atoms with Crippen molar-refractivity contribution in [3.63, 3.8) is 0 Å². The highest BCUT2D eigenvalue weighted by Gasteiger charge is 2.70. The van der Waals surface area contributed by atoms with E-state index in [1.807, 2.05) is 0 Å². The molecule has 23 heteroatoms. The fourth-order valence-corrected chi connectivity index (χ4v) is 6.13. The molecule has 164 valence electrons. The van der Waals surface area contributed by atoms with Crippen molar-refractivity contribution in [1.29, 1.82) is 0 Å². The second kappa shape index (κ2) is 9.84. The Balaban J connectivity index is 2.55. The number of fused-ring (bicyclic) bond motifs is 3. The first kappa shape index (κ1) is 36.2. The van der Waals surface area contributed by atoms with E-state index in [1.54, 1.807) is 0 Å². The topological polar surface area (TPSA) is 38.8 Å². The Bertz CT molecular complexity index is 1310. The highest BCUT2D eigenvalue weighted by Crippen LogP contribution is 2.76. The molecule has 0 aliphatic carbocycles. The lowest BCUT2D eigenvalue weighted by Crippen LogP contribution is -2.82. The molecule has 2 aliphatic rings. The summed E-state index contributed by atoms with van der Waals surface area (Å²) in [5.74, 6) is -1.67. The van der Waals surface area contributed by atoms with E-state index in [2.05, 4.69) is 0 Å². The van der Waals surface area contributed by atoms with Crippen LogP contribution in [0.25, 0.3) is 0 Å². The van der Waals surface area contributed by atoms with Gasteiger partial charge in [0, 0.05) is 12.0 Å². The molecular weight excluding hydrogens is 496 g/mol. The predicted molar refractivity (Wildman–Crippen MR) is 182 cm³/mol. The van der Waals surface area contributed by atoms with Crippen molar-refractivity contribution in [3.05, 3.63) is 11.1 Å². The van der Waals surface area contributed by atoms with Crippen molar-refractivity contribution in [2.24, 2.45) is 0 Å². The molecule has 1 aromatic rings. The van der Waals surface area contributed by atoms with Crippen LogP contribution in [0.2, 0.25) is 31.3 Å². The minimum atomic E-state index is -3.00. The van der Waals surface area contributed by atoms with Crippen LogP contribution in [-0.4, -0.2) is 186 Å². The van der Waals surface area contributed by atoms with Gasteiger partial charge in [-0.3, -0.25) is 0 Å². The highest BCUT2D eigenvalue weighted by atomic mass is 16.5. The Kier molecular flexibility index (Phi) is 8.47. The van der Waals surface area contributed by atoms with Gasteiger partial charge in [0.2, 0.25) is 0 Å². The molecule has 0 N–H and O–H groups in total. The minimum Gasteiger partial charge on any atom is -0.494 e. The third kappa shape index (κ3) is 3.95. The maximum atomic E-state index is 14.4. The minimum absolute atomic E-state index is 0.122. The third-order valence-electron chi connectivity index (χ3n) is 8.80. The average molecular weight is 504 g/mol. The molecule has 3 rings (SSSR count). The van der Waals surface area contributed by atoms with Crippen molar-refractivity contribution in [2.75, 3.05) is 20.8 Å². The van der Waals surface area contributed by atoms with Crippen LogP contribution in [0.3, 0.4) is 0 Å². The summed E-state index contributed by atoms with van der Waals surface area (Å²) in [6.07, 6.45) is 0. The summed E-state index contributed by atoms with van der Waals surface area (Å²) in [7, 11) is 123. The number of piperidine rings is 1. The van der Waals surface area contributed by atoms with Gasteiger partial charge in [-0.1, -0.05) is 21.3 Å². The molecule has 2 atom stereocenters. The lowest BCUT2D eigenvalue weighted by atomic mass is 9.04. The van der Waals surface area contributed by atoms with Crippen LogP contribution in [0, 0.1) is 0 Å². The number of ether oxygens (including phenoxy) is 2. The van der Waals surface area contributed by atoms with Crippen molar-refractivity contribution in [1.82, 2.24) is 4.90 Å². The Morgan fingerprint density at radius 1 is 0.667 bits per heavy atom. The molecule has 2 heterocycles. The molecule has 1 fully saturated rings. The fourth-order valence-electron chi connectivity index (χ4n) is 6.13. The number of carbonyl (C=O) groups is 1. The lowest BCUT2D eigenvalue weighted by Gasteiger charge is -2.77. The van der Waals surface area contributed by atoms with Gasteiger partial charge in [-0.05, 0) is 27.0 Å². The average Bonchev–Trinajstić information content (AvgIpc) is 2.82. The summed E-state index contributed by atoms with van der Waals surface area (Å²) < 4.78 is 10.7. The molecule has 1 aromatic carbocycles. The van der Waals surface area contributed by atoms with Gasteiger partial charge < -0.3 is 19.2 Å². The lowest BCUT2D eigenvalue weighted by molar-refractivity contribution is -0.133. The van der Waals surface area contributed by atoms with Crippen LogP contribution in [0.4, 0.5) is 0 Å². The Hall–Kier alpha value is -0.316. The normalized spacial score (nSPS) is 27.3. The molecular formula is C19H8B19NO3. The van der Waals surface area contributed by atoms with Gasteiger partial charge in [0.05, 0.1) is 140 Å². The third-order valence-corrected chi connectivity index (χ3v) is 8.80. The van der Waals surface area contributed by atoms with E-state index in [0.717, 1.165) is 4.90 Å². The Morgan fingerprint density at radius 3 is 1.40 bits per heavy atom. The van der Waals surface area contributed by atoms with E-state index < -0.39 is 59.6 Å². The standard InChI is InChI=1S/C19H8B19NO3/c1-41-8-6(20)4-5(7(21)9(8)42-2)14(27)13(25,26)10(40)11(22,3-39(14)19(37,38)12(4,23)24)16(29,30)15(28,17(31,32)33)18(34,35)36/h3H2,1-2H3.